The van der Waals surface area contributed by atoms with Gasteiger partial charge in [0.25, 0.3) is 0 Å². The van der Waals surface area contributed by atoms with Gasteiger partial charge in [-0.15, -0.1) is 0 Å². The normalized spacial score (nSPS) is 23.1. The van der Waals surface area contributed by atoms with E-state index in [4.69, 9.17) is 5.11 Å². The summed E-state index contributed by atoms with van der Waals surface area (Å²) in [5, 5.41) is 9.40. The highest BCUT2D eigenvalue weighted by Gasteiger charge is 2.18. The second kappa shape index (κ2) is 7.53. The lowest BCUT2D eigenvalue weighted by molar-refractivity contribution is -0.131. The average Bonchev–Trinajstić information content (AvgIpc) is 2.44. The number of carboxylic acids is 1. The molecule has 1 fully saturated rings. The number of carbonyl (C=O) groups is 1. The average molecular weight is 290 g/mol. The summed E-state index contributed by atoms with van der Waals surface area (Å²) in [5.41, 5.74) is 2.26. The van der Waals surface area contributed by atoms with E-state index in [0.29, 0.717) is 0 Å². The first-order chi connectivity index (χ1) is 9.63. The maximum Gasteiger partial charge on any atom is 0.328 e. The summed E-state index contributed by atoms with van der Waals surface area (Å²) in [5.74, 6) is 1.03. The minimum atomic E-state index is -0.906. The van der Waals surface area contributed by atoms with Gasteiger partial charge in [-0.2, -0.15) is 11.8 Å². The third kappa shape index (κ3) is 5.04. The zero-order valence-corrected chi connectivity index (χ0v) is 12.7. The van der Waals surface area contributed by atoms with Crippen LogP contribution in [0.2, 0.25) is 0 Å². The van der Waals surface area contributed by atoms with Crippen molar-refractivity contribution >= 4 is 23.8 Å². The third-order valence-electron chi connectivity index (χ3n) is 3.77. The second-order valence-corrected chi connectivity index (χ2v) is 6.91. The Kier molecular flexibility index (Phi) is 5.72. The molecular formula is C17H22O2S. The van der Waals surface area contributed by atoms with Gasteiger partial charge in [0.2, 0.25) is 0 Å². The Hall–Kier alpha value is -1.22. The van der Waals surface area contributed by atoms with Gasteiger partial charge in [0.1, 0.15) is 0 Å². The maximum absolute atomic E-state index is 10.5. The summed E-state index contributed by atoms with van der Waals surface area (Å²) >= 11 is 2.07. The maximum atomic E-state index is 10.5. The van der Waals surface area contributed by atoms with Gasteiger partial charge in [-0.25, -0.2) is 4.79 Å². The number of hydrogen-bond acceptors (Lipinski definition) is 2. The quantitative estimate of drug-likeness (QED) is 0.805. The number of hydrogen-bond donors (Lipinski definition) is 1. The molecule has 1 aromatic rings. The van der Waals surface area contributed by atoms with Crippen LogP contribution in [-0.2, 0) is 10.5 Å². The van der Waals surface area contributed by atoms with Gasteiger partial charge in [0.15, 0.2) is 0 Å². The molecule has 1 N–H and O–H groups in total. The van der Waals surface area contributed by atoms with E-state index in [1.54, 1.807) is 6.08 Å². The van der Waals surface area contributed by atoms with Gasteiger partial charge in [0.05, 0.1) is 0 Å². The van der Waals surface area contributed by atoms with Gasteiger partial charge in [0, 0.05) is 17.1 Å². The number of aliphatic carboxylic acids is 1. The predicted octanol–water partition coefficient (Wildman–Crippen LogP) is 4.60. The van der Waals surface area contributed by atoms with E-state index in [1.165, 1.54) is 37.3 Å². The molecule has 1 aliphatic rings. The van der Waals surface area contributed by atoms with Crippen LogP contribution in [0.15, 0.2) is 30.3 Å². The molecule has 0 aliphatic heterocycles. The topological polar surface area (TPSA) is 37.3 Å². The molecule has 1 aromatic carbocycles. The molecular weight excluding hydrogens is 268 g/mol. The summed E-state index contributed by atoms with van der Waals surface area (Å²) in [6, 6.07) is 8.17. The van der Waals surface area contributed by atoms with Crippen LogP contribution in [0, 0.1) is 5.92 Å². The Morgan fingerprint density at radius 3 is 2.75 bits per heavy atom. The van der Waals surface area contributed by atoms with Crippen molar-refractivity contribution in [3.05, 3.63) is 41.5 Å². The lowest BCUT2D eigenvalue weighted by Gasteiger charge is -2.26. The molecule has 2 nitrogen and oxygen atoms in total. The highest BCUT2D eigenvalue weighted by Crippen LogP contribution is 2.33. The molecule has 2 rings (SSSR count). The van der Waals surface area contributed by atoms with Crippen LogP contribution in [-0.4, -0.2) is 16.3 Å². The zero-order valence-electron chi connectivity index (χ0n) is 11.9. The minimum absolute atomic E-state index is 0.810. The Labute approximate surface area is 125 Å². The van der Waals surface area contributed by atoms with Crippen LogP contribution in [0.4, 0.5) is 0 Å². The highest BCUT2D eigenvalue weighted by atomic mass is 32.2. The van der Waals surface area contributed by atoms with Crippen LogP contribution < -0.4 is 0 Å². The van der Waals surface area contributed by atoms with Crippen molar-refractivity contribution in [3.8, 4) is 0 Å². The lowest BCUT2D eigenvalue weighted by Crippen LogP contribution is -2.15. The van der Waals surface area contributed by atoms with E-state index in [0.717, 1.165) is 22.5 Å². The Balaban J connectivity index is 1.83. The number of carboxylic acid groups (broad SMARTS) is 1. The van der Waals surface area contributed by atoms with Crippen LogP contribution in [0.1, 0.15) is 43.7 Å². The Bertz CT molecular complexity index is 464. The summed E-state index contributed by atoms with van der Waals surface area (Å²) in [7, 11) is 0. The lowest BCUT2D eigenvalue weighted by atomic mass is 9.91. The van der Waals surface area contributed by atoms with Gasteiger partial charge < -0.3 is 5.11 Å². The first-order valence-electron chi connectivity index (χ1n) is 7.25. The van der Waals surface area contributed by atoms with Crippen molar-refractivity contribution in [2.24, 2.45) is 5.92 Å². The predicted molar refractivity (Wildman–Crippen MR) is 85.8 cm³/mol. The van der Waals surface area contributed by atoms with Crippen molar-refractivity contribution in [3.63, 3.8) is 0 Å². The Morgan fingerprint density at radius 2 is 2.10 bits per heavy atom. The van der Waals surface area contributed by atoms with Crippen molar-refractivity contribution in [2.45, 2.75) is 43.6 Å². The van der Waals surface area contributed by atoms with Crippen LogP contribution >= 0.6 is 11.8 Å². The fourth-order valence-corrected chi connectivity index (χ4v) is 4.05. The standard InChI is InChI=1S/C17H22O2S/c1-13-3-2-4-16(11-13)20-12-15-7-5-14(6-8-15)9-10-17(18)19/h5-10,13,16H,2-4,11-12H2,1H3,(H,18,19). The molecule has 0 bridgehead atoms. The molecule has 0 amide bonds. The van der Waals surface area contributed by atoms with Crippen LogP contribution in [0.3, 0.4) is 0 Å². The molecule has 108 valence electrons. The van der Waals surface area contributed by atoms with E-state index < -0.39 is 5.97 Å². The van der Waals surface area contributed by atoms with E-state index in [-0.39, 0.29) is 0 Å². The zero-order chi connectivity index (χ0) is 14.4. The Morgan fingerprint density at radius 1 is 1.35 bits per heavy atom. The van der Waals surface area contributed by atoms with Gasteiger partial charge in [-0.05, 0) is 36.0 Å². The smallest absolute Gasteiger partial charge is 0.328 e. The first-order valence-corrected chi connectivity index (χ1v) is 8.30. The number of thioether (sulfide) groups is 1. The van der Waals surface area contributed by atoms with E-state index in [9.17, 15) is 4.79 Å². The van der Waals surface area contributed by atoms with E-state index in [1.807, 2.05) is 12.1 Å². The van der Waals surface area contributed by atoms with Gasteiger partial charge in [-0.3, -0.25) is 0 Å². The van der Waals surface area contributed by atoms with Crippen molar-refractivity contribution in [1.82, 2.24) is 0 Å². The summed E-state index contributed by atoms with van der Waals surface area (Å²) in [6.45, 7) is 2.36. The van der Waals surface area contributed by atoms with E-state index >= 15 is 0 Å². The molecule has 0 aromatic heterocycles. The third-order valence-corrected chi connectivity index (χ3v) is 5.17. The fraction of sp³-hybridized carbons (Fsp3) is 0.471. The SMILES string of the molecule is CC1CCCC(SCc2ccc(C=CC(=O)O)cc2)C1. The summed E-state index contributed by atoms with van der Waals surface area (Å²) < 4.78 is 0. The van der Waals surface area contributed by atoms with Crippen LogP contribution in [0.25, 0.3) is 6.08 Å². The summed E-state index contributed by atoms with van der Waals surface area (Å²) in [4.78, 5) is 10.5. The number of rotatable bonds is 5. The van der Waals surface area contributed by atoms with Crippen molar-refractivity contribution < 1.29 is 9.90 Å². The first kappa shape index (κ1) is 15.2. The molecule has 0 radical (unpaired) electrons. The number of benzene rings is 1. The van der Waals surface area contributed by atoms with Gasteiger partial charge >= 0.3 is 5.97 Å². The molecule has 0 spiro atoms. The van der Waals surface area contributed by atoms with Crippen LogP contribution in [0.5, 0.6) is 0 Å². The molecule has 20 heavy (non-hydrogen) atoms. The molecule has 0 heterocycles. The monoisotopic (exact) mass is 290 g/mol. The molecule has 1 saturated carbocycles. The largest absolute Gasteiger partial charge is 0.478 e. The minimum Gasteiger partial charge on any atom is -0.478 e. The van der Waals surface area contributed by atoms with Crippen molar-refractivity contribution in [2.75, 3.05) is 0 Å². The van der Waals surface area contributed by atoms with Crippen molar-refractivity contribution in [1.29, 1.82) is 0 Å². The molecule has 2 unspecified atom stereocenters. The van der Waals surface area contributed by atoms with Gasteiger partial charge in [-0.1, -0.05) is 44.0 Å². The summed E-state index contributed by atoms with van der Waals surface area (Å²) in [6.07, 6.45) is 8.27. The fourth-order valence-electron chi connectivity index (χ4n) is 2.64. The molecule has 0 saturated heterocycles. The van der Waals surface area contributed by atoms with E-state index in [2.05, 4.69) is 30.8 Å². The second-order valence-electron chi connectivity index (χ2n) is 5.62. The molecule has 1 aliphatic carbocycles. The molecule has 3 heteroatoms. The molecule has 2 atom stereocenters. The highest BCUT2D eigenvalue weighted by molar-refractivity contribution is 7.99.